The van der Waals surface area contributed by atoms with E-state index in [0.717, 1.165) is 10.4 Å². The van der Waals surface area contributed by atoms with Crippen molar-refractivity contribution in [3.63, 3.8) is 0 Å². The van der Waals surface area contributed by atoms with Crippen LogP contribution in [-0.4, -0.2) is 35.8 Å². The number of hydrogen-bond acceptors (Lipinski definition) is 5. The van der Waals surface area contributed by atoms with Gasteiger partial charge < -0.3 is 15.0 Å². The molecule has 2 aromatic rings. The third-order valence-corrected chi connectivity index (χ3v) is 5.64. The number of carbonyl (C=O) groups excluding carboxylic acids is 3. The minimum atomic E-state index is -0.478. The van der Waals surface area contributed by atoms with Crippen LogP contribution in [0.15, 0.2) is 24.3 Å². The molecule has 0 radical (unpaired) electrons. The van der Waals surface area contributed by atoms with E-state index in [-0.39, 0.29) is 30.7 Å². The lowest BCUT2D eigenvalue weighted by Gasteiger charge is -2.25. The van der Waals surface area contributed by atoms with Crippen LogP contribution in [0.3, 0.4) is 0 Å². The summed E-state index contributed by atoms with van der Waals surface area (Å²) in [4.78, 5) is 39.2. The fraction of sp³-hybridized carbons (Fsp3) is 0.350. The van der Waals surface area contributed by atoms with E-state index < -0.39 is 5.97 Å². The van der Waals surface area contributed by atoms with E-state index in [2.05, 4.69) is 5.32 Å². The van der Waals surface area contributed by atoms with Gasteiger partial charge in [0.25, 0.3) is 0 Å². The number of amides is 2. The van der Waals surface area contributed by atoms with Crippen molar-refractivity contribution in [2.45, 2.75) is 33.2 Å². The smallest absolute Gasteiger partial charge is 0.341 e. The fourth-order valence-electron chi connectivity index (χ4n) is 3.14. The Morgan fingerprint density at radius 2 is 1.96 bits per heavy atom. The molecule has 0 saturated heterocycles. The van der Waals surface area contributed by atoms with Gasteiger partial charge in [-0.15, -0.1) is 11.3 Å². The monoisotopic (exact) mass is 404 g/mol. The second kappa shape index (κ2) is 8.52. The molecule has 1 aliphatic heterocycles. The van der Waals surface area contributed by atoms with Gasteiger partial charge in [0.15, 0.2) is 0 Å². The largest absolute Gasteiger partial charge is 0.462 e. The van der Waals surface area contributed by atoms with Crippen LogP contribution in [0.1, 0.15) is 40.2 Å². The molecule has 0 bridgehead atoms. The number of ether oxygens (including phenoxy) is 1. The van der Waals surface area contributed by atoms with Gasteiger partial charge in [0, 0.05) is 18.3 Å². The molecule has 8 heteroatoms. The number of carbonyl (C=O) groups is 3. The lowest BCUT2D eigenvalue weighted by Crippen LogP contribution is -2.34. The summed E-state index contributed by atoms with van der Waals surface area (Å²) in [5.41, 5.74) is 1.87. The third kappa shape index (κ3) is 4.39. The predicted molar refractivity (Wildman–Crippen MR) is 104 cm³/mol. The average molecular weight is 404 g/mol. The highest BCUT2D eigenvalue weighted by Crippen LogP contribution is 2.37. The van der Waals surface area contributed by atoms with Crippen molar-refractivity contribution in [1.82, 2.24) is 4.90 Å². The highest BCUT2D eigenvalue weighted by Gasteiger charge is 2.30. The van der Waals surface area contributed by atoms with E-state index >= 15 is 0 Å². The van der Waals surface area contributed by atoms with Crippen molar-refractivity contribution in [3.8, 4) is 0 Å². The Balaban J connectivity index is 1.84. The molecule has 3 rings (SSSR count). The second-order valence-corrected chi connectivity index (χ2v) is 7.58. The maximum atomic E-state index is 13.0. The molecule has 0 spiro atoms. The van der Waals surface area contributed by atoms with Gasteiger partial charge in [-0.3, -0.25) is 9.59 Å². The van der Waals surface area contributed by atoms with Crippen molar-refractivity contribution < 1.29 is 23.5 Å². The first-order valence-electron chi connectivity index (χ1n) is 9.00. The van der Waals surface area contributed by atoms with Crippen molar-refractivity contribution >= 4 is 34.1 Å². The van der Waals surface area contributed by atoms with Gasteiger partial charge in [0.05, 0.1) is 25.1 Å². The lowest BCUT2D eigenvalue weighted by atomic mass is 10.0. The number of anilines is 1. The summed E-state index contributed by atoms with van der Waals surface area (Å²) < 4.78 is 18.2. The van der Waals surface area contributed by atoms with Gasteiger partial charge >= 0.3 is 5.97 Å². The Kier molecular flexibility index (Phi) is 6.08. The first kappa shape index (κ1) is 20.0. The normalized spacial score (nSPS) is 13.0. The van der Waals surface area contributed by atoms with Gasteiger partial charge in [-0.05, 0) is 36.6 Å². The molecule has 1 aromatic carbocycles. The molecule has 148 valence electrons. The van der Waals surface area contributed by atoms with Crippen LogP contribution in [0.5, 0.6) is 0 Å². The van der Waals surface area contributed by atoms with Crippen LogP contribution in [0.2, 0.25) is 0 Å². The molecule has 2 heterocycles. The first-order chi connectivity index (χ1) is 13.4. The van der Waals surface area contributed by atoms with Gasteiger partial charge in [-0.1, -0.05) is 12.1 Å². The van der Waals surface area contributed by atoms with Gasteiger partial charge in [0.1, 0.15) is 10.8 Å². The van der Waals surface area contributed by atoms with Crippen LogP contribution >= 0.6 is 11.3 Å². The number of halogens is 1. The molecule has 1 aliphatic rings. The van der Waals surface area contributed by atoms with E-state index in [9.17, 15) is 18.8 Å². The number of nitrogens with zero attached hydrogens (tertiary/aromatic N) is 1. The summed E-state index contributed by atoms with van der Waals surface area (Å²) in [5, 5.41) is 3.23. The Morgan fingerprint density at radius 3 is 2.61 bits per heavy atom. The van der Waals surface area contributed by atoms with Crippen LogP contribution in [0.25, 0.3) is 0 Å². The topological polar surface area (TPSA) is 75.7 Å². The molecule has 0 fully saturated rings. The van der Waals surface area contributed by atoms with Crippen molar-refractivity contribution in [1.29, 1.82) is 0 Å². The van der Waals surface area contributed by atoms with E-state index in [1.807, 2.05) is 0 Å². The maximum Gasteiger partial charge on any atom is 0.341 e. The second-order valence-electron chi connectivity index (χ2n) is 6.47. The quantitative estimate of drug-likeness (QED) is 0.777. The minimum Gasteiger partial charge on any atom is -0.462 e. The van der Waals surface area contributed by atoms with E-state index in [1.165, 1.54) is 30.4 Å². The summed E-state index contributed by atoms with van der Waals surface area (Å²) in [6, 6.07) is 5.69. The van der Waals surface area contributed by atoms with E-state index in [4.69, 9.17) is 4.74 Å². The molecule has 0 aliphatic carbocycles. The van der Waals surface area contributed by atoms with Crippen LogP contribution in [0, 0.1) is 5.82 Å². The number of rotatable bonds is 5. The molecule has 0 atom stereocenters. The van der Waals surface area contributed by atoms with Gasteiger partial charge in [-0.2, -0.15) is 0 Å². The zero-order valence-corrected chi connectivity index (χ0v) is 16.5. The third-order valence-electron chi connectivity index (χ3n) is 4.51. The Labute approximate surface area is 166 Å². The van der Waals surface area contributed by atoms with Gasteiger partial charge in [0.2, 0.25) is 11.8 Å². The van der Waals surface area contributed by atoms with Crippen molar-refractivity contribution in [2.75, 3.05) is 18.5 Å². The number of esters is 1. The van der Waals surface area contributed by atoms with Crippen molar-refractivity contribution in [2.24, 2.45) is 0 Å². The van der Waals surface area contributed by atoms with E-state index in [0.29, 0.717) is 35.6 Å². The standard InChI is InChI=1S/C20H21FN2O4S/c1-3-27-20(26)18-15-8-9-23(12(2)24)11-16(15)28-19(18)22-17(25)10-13-4-6-14(21)7-5-13/h4-7H,3,8-11H2,1-2H3,(H,22,25). The summed E-state index contributed by atoms with van der Waals surface area (Å²) in [7, 11) is 0. The molecular formula is C20H21FN2O4S. The average Bonchev–Trinajstić information content (AvgIpc) is 3.00. The zero-order chi connectivity index (χ0) is 20.3. The number of fused-ring (bicyclic) bond motifs is 1. The molecule has 1 aromatic heterocycles. The minimum absolute atomic E-state index is 0.0290. The Bertz CT molecular complexity index is 908. The highest BCUT2D eigenvalue weighted by atomic mass is 32.1. The Hall–Kier alpha value is -2.74. The predicted octanol–water partition coefficient (Wildman–Crippen LogP) is 3.15. The molecule has 0 unspecified atom stereocenters. The molecule has 28 heavy (non-hydrogen) atoms. The van der Waals surface area contributed by atoms with Crippen LogP contribution in [-0.2, 0) is 33.7 Å². The highest BCUT2D eigenvalue weighted by molar-refractivity contribution is 7.17. The number of benzene rings is 1. The Morgan fingerprint density at radius 1 is 1.25 bits per heavy atom. The zero-order valence-electron chi connectivity index (χ0n) is 15.7. The summed E-state index contributed by atoms with van der Waals surface area (Å²) in [6.45, 7) is 4.40. The molecule has 0 saturated carbocycles. The van der Waals surface area contributed by atoms with Gasteiger partial charge in [-0.25, -0.2) is 9.18 Å². The summed E-state index contributed by atoms with van der Waals surface area (Å²) in [6.07, 6.45) is 0.595. The van der Waals surface area contributed by atoms with Crippen LogP contribution in [0.4, 0.5) is 9.39 Å². The number of nitrogens with one attached hydrogen (secondary N) is 1. The van der Waals surface area contributed by atoms with Crippen molar-refractivity contribution in [3.05, 3.63) is 51.7 Å². The summed E-state index contributed by atoms with van der Waals surface area (Å²) >= 11 is 1.29. The fourth-order valence-corrected chi connectivity index (χ4v) is 4.41. The molecule has 1 N–H and O–H groups in total. The van der Waals surface area contributed by atoms with Crippen LogP contribution < -0.4 is 5.32 Å². The van der Waals surface area contributed by atoms with E-state index in [1.54, 1.807) is 24.0 Å². The molecular weight excluding hydrogens is 383 g/mol. The molecule has 2 amide bonds. The first-order valence-corrected chi connectivity index (χ1v) is 9.82. The SMILES string of the molecule is CCOC(=O)c1c(NC(=O)Cc2ccc(F)cc2)sc2c1CCN(C(C)=O)C2. The number of hydrogen-bond donors (Lipinski definition) is 1. The number of thiophene rings is 1. The lowest BCUT2D eigenvalue weighted by molar-refractivity contribution is -0.129. The summed E-state index contributed by atoms with van der Waals surface area (Å²) in [5.74, 6) is -1.18. The molecule has 6 nitrogen and oxygen atoms in total. The maximum absolute atomic E-state index is 13.0.